The van der Waals surface area contributed by atoms with E-state index < -0.39 is 15.6 Å². The van der Waals surface area contributed by atoms with Crippen molar-refractivity contribution >= 4 is 49.7 Å². The molecular weight excluding hydrogens is 372 g/mol. The number of rotatable bonds is 6. The predicted octanol–water partition coefficient (Wildman–Crippen LogP) is 2.97. The van der Waals surface area contributed by atoms with Gasteiger partial charge in [0, 0.05) is 12.1 Å². The molecule has 8 heteroatoms. The molecule has 0 radical (unpaired) electrons. The topological polar surface area (TPSA) is 72.2 Å². The molecule has 0 aliphatic rings. The molecule has 0 saturated carbocycles. The van der Waals surface area contributed by atoms with Crippen molar-refractivity contribution in [1.29, 1.82) is 0 Å². The normalized spacial score (nSPS) is 15.1. The fraction of sp³-hybridized carbons (Fsp3) is 0.636. The molecule has 19 heavy (non-hydrogen) atoms. The molecule has 0 aliphatic heterocycles. The summed E-state index contributed by atoms with van der Waals surface area (Å²) >= 11 is 4.45. The summed E-state index contributed by atoms with van der Waals surface area (Å²) < 4.78 is 28.3. The van der Waals surface area contributed by atoms with Crippen LogP contribution in [0.2, 0.25) is 0 Å². The molecular formula is C11H20BrClN2O2S2. The Hall–Kier alpha value is 0.340. The average molecular weight is 392 g/mol. The number of nitrogens with two attached hydrogens (primary N) is 1. The molecule has 1 unspecified atom stereocenters. The Morgan fingerprint density at radius 3 is 2.42 bits per heavy atom. The summed E-state index contributed by atoms with van der Waals surface area (Å²) in [4.78, 5) is 0. The van der Waals surface area contributed by atoms with Crippen LogP contribution in [0.5, 0.6) is 0 Å². The number of hydrogen-bond donors (Lipinski definition) is 2. The van der Waals surface area contributed by atoms with Crippen LogP contribution in [0.1, 0.15) is 27.2 Å². The van der Waals surface area contributed by atoms with Crippen LogP contribution in [0, 0.1) is 5.92 Å². The molecule has 1 aromatic rings. The summed E-state index contributed by atoms with van der Waals surface area (Å²) in [6.45, 7) is 6.21. The first-order chi connectivity index (χ1) is 8.18. The van der Waals surface area contributed by atoms with Crippen molar-refractivity contribution in [3.63, 3.8) is 0 Å². The standard InChI is InChI=1S/C11H19BrN2O2S2.ClH/c1-8(2)6-11(3,7-13)14-18(15,16)10-5-4-9(12)17-10;/h4-5,8,14H,6-7,13H2,1-3H3;1H. The fourth-order valence-corrected chi connectivity index (χ4v) is 5.32. The van der Waals surface area contributed by atoms with E-state index in [1.807, 2.05) is 20.8 Å². The van der Waals surface area contributed by atoms with E-state index in [9.17, 15) is 8.42 Å². The molecule has 1 aromatic heterocycles. The van der Waals surface area contributed by atoms with Crippen molar-refractivity contribution in [3.8, 4) is 0 Å². The lowest BCUT2D eigenvalue weighted by molar-refractivity contribution is 0.345. The first kappa shape index (κ1) is 19.3. The van der Waals surface area contributed by atoms with E-state index in [0.29, 0.717) is 16.5 Å². The zero-order valence-corrected chi connectivity index (χ0v) is 15.2. The zero-order valence-electron chi connectivity index (χ0n) is 11.1. The van der Waals surface area contributed by atoms with Crippen molar-refractivity contribution in [2.45, 2.75) is 36.9 Å². The van der Waals surface area contributed by atoms with Gasteiger partial charge in [-0.15, -0.1) is 23.7 Å². The van der Waals surface area contributed by atoms with Crippen molar-refractivity contribution in [3.05, 3.63) is 15.9 Å². The molecule has 1 rings (SSSR count). The fourth-order valence-electron chi connectivity index (χ4n) is 1.88. The van der Waals surface area contributed by atoms with Gasteiger partial charge in [-0.3, -0.25) is 0 Å². The first-order valence-electron chi connectivity index (χ1n) is 5.68. The van der Waals surface area contributed by atoms with E-state index in [2.05, 4.69) is 20.7 Å². The van der Waals surface area contributed by atoms with Crippen LogP contribution < -0.4 is 10.5 Å². The molecule has 0 amide bonds. The molecule has 1 atom stereocenters. The highest BCUT2D eigenvalue weighted by atomic mass is 79.9. The Balaban J connectivity index is 0.00000324. The SMILES string of the molecule is CC(C)CC(C)(CN)NS(=O)(=O)c1ccc(Br)s1.Cl. The Labute approximate surface area is 133 Å². The van der Waals surface area contributed by atoms with E-state index in [1.165, 1.54) is 11.3 Å². The van der Waals surface area contributed by atoms with E-state index in [1.54, 1.807) is 12.1 Å². The number of thiophene rings is 1. The number of nitrogens with one attached hydrogen (secondary N) is 1. The van der Waals surface area contributed by atoms with Crippen LogP contribution in [-0.2, 0) is 10.0 Å². The summed E-state index contributed by atoms with van der Waals surface area (Å²) in [6, 6.07) is 3.31. The smallest absolute Gasteiger partial charge is 0.250 e. The second-order valence-corrected chi connectivity index (χ2v) is 9.40. The molecule has 0 bridgehead atoms. The lowest BCUT2D eigenvalue weighted by atomic mass is 9.92. The van der Waals surface area contributed by atoms with E-state index in [4.69, 9.17) is 5.73 Å². The third-order valence-electron chi connectivity index (χ3n) is 2.50. The van der Waals surface area contributed by atoms with Crippen molar-refractivity contribution < 1.29 is 8.42 Å². The molecule has 0 fully saturated rings. The van der Waals surface area contributed by atoms with Gasteiger partial charge < -0.3 is 5.73 Å². The monoisotopic (exact) mass is 390 g/mol. The number of halogens is 2. The van der Waals surface area contributed by atoms with E-state index in [0.717, 1.165) is 3.79 Å². The van der Waals surface area contributed by atoms with Gasteiger partial charge in [0.25, 0.3) is 10.0 Å². The Morgan fingerprint density at radius 2 is 2.05 bits per heavy atom. The molecule has 3 N–H and O–H groups in total. The summed E-state index contributed by atoms with van der Waals surface area (Å²) in [5.41, 5.74) is 5.11. The lowest BCUT2D eigenvalue weighted by Gasteiger charge is -2.30. The molecule has 112 valence electrons. The molecule has 0 spiro atoms. The second-order valence-electron chi connectivity index (χ2n) is 5.03. The van der Waals surface area contributed by atoms with Gasteiger partial charge in [0.1, 0.15) is 4.21 Å². The number of hydrogen-bond acceptors (Lipinski definition) is 4. The van der Waals surface area contributed by atoms with Gasteiger partial charge in [-0.05, 0) is 47.3 Å². The average Bonchev–Trinajstić information content (AvgIpc) is 2.63. The third kappa shape index (κ3) is 5.69. The molecule has 0 aromatic carbocycles. The third-order valence-corrected chi connectivity index (χ3v) is 6.26. The highest BCUT2D eigenvalue weighted by molar-refractivity contribution is 9.11. The van der Waals surface area contributed by atoms with Gasteiger partial charge in [-0.1, -0.05) is 13.8 Å². The highest BCUT2D eigenvalue weighted by Gasteiger charge is 2.30. The summed E-state index contributed by atoms with van der Waals surface area (Å²) in [5, 5.41) is 0. The van der Waals surface area contributed by atoms with Gasteiger partial charge in [-0.2, -0.15) is 0 Å². The van der Waals surface area contributed by atoms with Gasteiger partial charge in [0.05, 0.1) is 3.79 Å². The summed E-state index contributed by atoms with van der Waals surface area (Å²) in [6.07, 6.45) is 0.704. The lowest BCUT2D eigenvalue weighted by Crippen LogP contribution is -2.51. The van der Waals surface area contributed by atoms with Crippen LogP contribution in [0.4, 0.5) is 0 Å². The zero-order chi connectivity index (χ0) is 14.0. The maximum Gasteiger partial charge on any atom is 0.250 e. The number of sulfonamides is 1. The van der Waals surface area contributed by atoms with Crippen LogP contribution >= 0.6 is 39.7 Å². The van der Waals surface area contributed by atoms with E-state index >= 15 is 0 Å². The minimum absolute atomic E-state index is 0. The van der Waals surface area contributed by atoms with Gasteiger partial charge in [-0.25, -0.2) is 13.1 Å². The van der Waals surface area contributed by atoms with Gasteiger partial charge in [0.15, 0.2) is 0 Å². The van der Waals surface area contributed by atoms with Crippen LogP contribution in [0.25, 0.3) is 0 Å². The molecule has 0 aliphatic carbocycles. The maximum absolute atomic E-state index is 12.2. The maximum atomic E-state index is 12.2. The quantitative estimate of drug-likeness (QED) is 0.783. The Morgan fingerprint density at radius 1 is 1.47 bits per heavy atom. The predicted molar refractivity (Wildman–Crippen MR) is 86.5 cm³/mol. The van der Waals surface area contributed by atoms with Gasteiger partial charge >= 0.3 is 0 Å². The summed E-state index contributed by atoms with van der Waals surface area (Å²) in [5.74, 6) is 0.372. The van der Waals surface area contributed by atoms with Crippen LogP contribution in [0.15, 0.2) is 20.1 Å². The Bertz CT molecular complexity index is 505. The minimum atomic E-state index is -3.50. The van der Waals surface area contributed by atoms with E-state index in [-0.39, 0.29) is 19.0 Å². The molecule has 4 nitrogen and oxygen atoms in total. The van der Waals surface area contributed by atoms with Gasteiger partial charge in [0.2, 0.25) is 0 Å². The van der Waals surface area contributed by atoms with Crippen molar-refractivity contribution in [2.24, 2.45) is 11.7 Å². The minimum Gasteiger partial charge on any atom is -0.329 e. The Kier molecular flexibility index (Phi) is 7.51. The first-order valence-corrected chi connectivity index (χ1v) is 8.77. The molecule has 1 heterocycles. The van der Waals surface area contributed by atoms with Crippen LogP contribution in [0.3, 0.4) is 0 Å². The van der Waals surface area contributed by atoms with Crippen molar-refractivity contribution in [1.82, 2.24) is 4.72 Å². The largest absolute Gasteiger partial charge is 0.329 e. The second kappa shape index (κ2) is 7.38. The van der Waals surface area contributed by atoms with Crippen LogP contribution in [-0.4, -0.2) is 20.5 Å². The summed E-state index contributed by atoms with van der Waals surface area (Å²) in [7, 11) is -3.50. The molecule has 0 saturated heterocycles. The highest BCUT2D eigenvalue weighted by Crippen LogP contribution is 2.27. The van der Waals surface area contributed by atoms with Crippen molar-refractivity contribution in [2.75, 3.05) is 6.54 Å².